The lowest BCUT2D eigenvalue weighted by Gasteiger charge is -2.14. The van der Waals surface area contributed by atoms with Crippen LogP contribution in [0.2, 0.25) is 0 Å². The smallest absolute Gasteiger partial charge is 0.203 e. The number of ether oxygens (including phenoxy) is 3. The van der Waals surface area contributed by atoms with E-state index in [-0.39, 0.29) is 0 Å². The molecule has 3 aromatic rings. The molecule has 0 aliphatic rings. The lowest BCUT2D eigenvalue weighted by Crippen LogP contribution is -2.06. The van der Waals surface area contributed by atoms with Gasteiger partial charge in [0.05, 0.1) is 27.0 Å². The van der Waals surface area contributed by atoms with Crippen LogP contribution in [0.4, 0.5) is 5.82 Å². The largest absolute Gasteiger partial charge is 0.493 e. The van der Waals surface area contributed by atoms with Gasteiger partial charge in [-0.25, -0.2) is 4.68 Å². The van der Waals surface area contributed by atoms with E-state index in [4.69, 9.17) is 14.2 Å². The highest BCUT2D eigenvalue weighted by molar-refractivity contribution is 5.54. The number of nitrogens with zero attached hydrogens (tertiary/aromatic N) is 4. The van der Waals surface area contributed by atoms with Gasteiger partial charge in [0.25, 0.3) is 0 Å². The van der Waals surface area contributed by atoms with Crippen LogP contribution < -0.4 is 19.5 Å². The first-order valence-corrected chi connectivity index (χ1v) is 8.03. The summed E-state index contributed by atoms with van der Waals surface area (Å²) in [4.78, 5) is 0. The first-order chi connectivity index (χ1) is 12.6. The minimum atomic E-state index is 0.533. The number of hydrogen-bond acceptors (Lipinski definition) is 7. The topological polar surface area (TPSA) is 83.3 Å². The average Bonchev–Trinajstić information content (AvgIpc) is 3.12. The molecule has 2 aromatic heterocycles. The summed E-state index contributed by atoms with van der Waals surface area (Å²) in [5.74, 6) is 3.11. The molecule has 0 fully saturated rings. The molecule has 136 valence electrons. The summed E-state index contributed by atoms with van der Waals surface area (Å²) in [6, 6.07) is 9.41. The molecule has 0 spiro atoms. The Morgan fingerprint density at radius 3 is 2.19 bits per heavy atom. The van der Waals surface area contributed by atoms with Gasteiger partial charge in [-0.2, -0.15) is 5.10 Å². The lowest BCUT2D eigenvalue weighted by atomic mass is 10.1. The minimum absolute atomic E-state index is 0.533. The van der Waals surface area contributed by atoms with Crippen molar-refractivity contribution >= 4 is 5.82 Å². The third-order valence-electron chi connectivity index (χ3n) is 3.81. The molecule has 8 heteroatoms. The van der Waals surface area contributed by atoms with Gasteiger partial charge in [0.15, 0.2) is 17.3 Å². The Balaban J connectivity index is 1.72. The monoisotopic (exact) mass is 355 g/mol. The summed E-state index contributed by atoms with van der Waals surface area (Å²) in [7, 11) is 4.77. The van der Waals surface area contributed by atoms with Crippen LogP contribution in [0.15, 0.2) is 36.5 Å². The molecule has 0 saturated heterocycles. The Labute approximate surface area is 151 Å². The van der Waals surface area contributed by atoms with Crippen molar-refractivity contribution in [2.45, 2.75) is 13.5 Å². The Kier molecular flexibility index (Phi) is 5.21. The number of rotatable bonds is 7. The molecule has 0 bridgehead atoms. The van der Waals surface area contributed by atoms with Crippen LogP contribution in [0.5, 0.6) is 17.2 Å². The van der Waals surface area contributed by atoms with E-state index >= 15 is 0 Å². The van der Waals surface area contributed by atoms with Crippen molar-refractivity contribution in [3.05, 3.63) is 47.8 Å². The molecule has 0 radical (unpaired) electrons. The van der Waals surface area contributed by atoms with Gasteiger partial charge in [-0.05, 0) is 42.8 Å². The second-order valence-electron chi connectivity index (χ2n) is 5.57. The van der Waals surface area contributed by atoms with E-state index in [1.54, 1.807) is 26.0 Å². The first kappa shape index (κ1) is 17.5. The quantitative estimate of drug-likeness (QED) is 0.697. The van der Waals surface area contributed by atoms with E-state index in [1.165, 1.54) is 0 Å². The van der Waals surface area contributed by atoms with Crippen LogP contribution >= 0.6 is 0 Å². The highest BCUT2D eigenvalue weighted by Crippen LogP contribution is 2.38. The molecule has 1 N–H and O–H groups in total. The molecule has 8 nitrogen and oxygen atoms in total. The van der Waals surface area contributed by atoms with E-state index < -0.39 is 0 Å². The van der Waals surface area contributed by atoms with Gasteiger partial charge < -0.3 is 19.5 Å². The predicted molar refractivity (Wildman–Crippen MR) is 97.3 cm³/mol. The minimum Gasteiger partial charge on any atom is -0.493 e. The van der Waals surface area contributed by atoms with Crippen LogP contribution in [0.1, 0.15) is 11.3 Å². The van der Waals surface area contributed by atoms with Gasteiger partial charge in [-0.1, -0.05) is 0 Å². The van der Waals surface area contributed by atoms with Crippen molar-refractivity contribution in [3.8, 4) is 23.1 Å². The highest BCUT2D eigenvalue weighted by Gasteiger charge is 2.13. The van der Waals surface area contributed by atoms with Crippen molar-refractivity contribution in [2.24, 2.45) is 0 Å². The summed E-state index contributed by atoms with van der Waals surface area (Å²) >= 11 is 0. The SMILES string of the molecule is COc1cc(CNc2ccc(-n3ccc(C)n3)nn2)cc(OC)c1OC. The number of methoxy groups -OCH3 is 3. The fraction of sp³-hybridized carbons (Fsp3) is 0.278. The predicted octanol–water partition coefficient (Wildman–Crippen LogP) is 2.61. The maximum atomic E-state index is 5.37. The summed E-state index contributed by atoms with van der Waals surface area (Å²) in [6.07, 6.45) is 1.85. The number of hydrogen-bond donors (Lipinski definition) is 1. The van der Waals surface area contributed by atoms with Crippen LogP contribution in [0.25, 0.3) is 5.82 Å². The molecular weight excluding hydrogens is 334 g/mol. The van der Waals surface area contributed by atoms with Gasteiger partial charge >= 0.3 is 0 Å². The maximum absolute atomic E-state index is 5.37. The summed E-state index contributed by atoms with van der Waals surface area (Å²) in [5, 5.41) is 15.9. The zero-order chi connectivity index (χ0) is 18.5. The number of aryl methyl sites for hydroxylation is 1. The Hall–Kier alpha value is -3.29. The lowest BCUT2D eigenvalue weighted by molar-refractivity contribution is 0.324. The molecule has 3 rings (SSSR count). The molecule has 0 atom stereocenters. The van der Waals surface area contributed by atoms with Crippen molar-refractivity contribution in [1.82, 2.24) is 20.0 Å². The van der Waals surface area contributed by atoms with E-state index in [0.29, 0.717) is 35.4 Å². The van der Waals surface area contributed by atoms with Gasteiger partial charge in [0, 0.05) is 12.7 Å². The Morgan fingerprint density at radius 2 is 1.69 bits per heavy atom. The second-order valence-corrected chi connectivity index (χ2v) is 5.57. The van der Waals surface area contributed by atoms with Crippen molar-refractivity contribution in [1.29, 1.82) is 0 Å². The fourth-order valence-corrected chi connectivity index (χ4v) is 2.51. The Morgan fingerprint density at radius 1 is 0.962 bits per heavy atom. The molecular formula is C18H21N5O3. The molecule has 0 aliphatic carbocycles. The normalized spacial score (nSPS) is 10.5. The van der Waals surface area contributed by atoms with E-state index in [2.05, 4.69) is 20.6 Å². The highest BCUT2D eigenvalue weighted by atomic mass is 16.5. The number of anilines is 1. The standard InChI is InChI=1S/C18H21N5O3/c1-12-7-8-23(22-12)17-6-5-16(20-21-17)19-11-13-9-14(24-2)18(26-4)15(10-13)25-3/h5-10H,11H2,1-4H3,(H,19,20). The molecule has 0 aliphatic heterocycles. The van der Waals surface area contributed by atoms with Gasteiger partial charge in [-0.3, -0.25) is 0 Å². The summed E-state index contributed by atoms with van der Waals surface area (Å²) < 4.78 is 17.8. The van der Waals surface area contributed by atoms with Crippen molar-refractivity contribution in [2.75, 3.05) is 26.6 Å². The molecule has 1 aromatic carbocycles. The summed E-state index contributed by atoms with van der Waals surface area (Å²) in [6.45, 7) is 2.46. The van der Waals surface area contributed by atoms with Gasteiger partial charge in [-0.15, -0.1) is 10.2 Å². The van der Waals surface area contributed by atoms with E-state index in [1.807, 2.05) is 43.5 Å². The molecule has 0 unspecified atom stereocenters. The van der Waals surface area contributed by atoms with E-state index in [9.17, 15) is 0 Å². The van der Waals surface area contributed by atoms with Crippen molar-refractivity contribution in [3.63, 3.8) is 0 Å². The number of benzene rings is 1. The van der Waals surface area contributed by atoms with Gasteiger partial charge in [0.1, 0.15) is 5.82 Å². The molecule has 2 heterocycles. The van der Waals surface area contributed by atoms with Crippen molar-refractivity contribution < 1.29 is 14.2 Å². The van der Waals surface area contributed by atoms with Crippen LogP contribution in [0.3, 0.4) is 0 Å². The maximum Gasteiger partial charge on any atom is 0.203 e. The van der Waals surface area contributed by atoms with Crippen LogP contribution in [0, 0.1) is 6.92 Å². The molecule has 26 heavy (non-hydrogen) atoms. The Bertz CT molecular complexity index is 852. The summed E-state index contributed by atoms with van der Waals surface area (Å²) in [5.41, 5.74) is 1.89. The van der Waals surface area contributed by atoms with Crippen LogP contribution in [-0.4, -0.2) is 41.3 Å². The average molecular weight is 355 g/mol. The third kappa shape index (κ3) is 3.69. The second kappa shape index (κ2) is 7.73. The van der Waals surface area contributed by atoms with E-state index in [0.717, 1.165) is 11.3 Å². The molecule has 0 saturated carbocycles. The zero-order valence-corrected chi connectivity index (χ0v) is 15.2. The zero-order valence-electron chi connectivity index (χ0n) is 15.2. The molecule has 0 amide bonds. The number of aromatic nitrogens is 4. The third-order valence-corrected chi connectivity index (χ3v) is 3.81. The fourth-order valence-electron chi connectivity index (χ4n) is 2.51. The van der Waals surface area contributed by atoms with Gasteiger partial charge in [0.2, 0.25) is 5.75 Å². The van der Waals surface area contributed by atoms with Crippen LogP contribution in [-0.2, 0) is 6.54 Å². The first-order valence-electron chi connectivity index (χ1n) is 8.03. The number of nitrogens with one attached hydrogen (secondary N) is 1.